The van der Waals surface area contributed by atoms with Gasteiger partial charge >= 0.3 is 0 Å². The van der Waals surface area contributed by atoms with Crippen molar-refractivity contribution in [2.24, 2.45) is 5.92 Å². The van der Waals surface area contributed by atoms with Gasteiger partial charge in [-0.25, -0.2) is 0 Å². The Labute approximate surface area is 133 Å². The minimum atomic E-state index is -0.0181. The molecule has 0 radical (unpaired) electrons. The number of aryl methyl sites for hydroxylation is 3. The molecule has 1 amide bonds. The lowest BCUT2D eigenvalue weighted by Crippen LogP contribution is -2.40. The molecule has 0 saturated carbocycles. The zero-order chi connectivity index (χ0) is 15.7. The van der Waals surface area contributed by atoms with Crippen molar-refractivity contribution in [3.05, 3.63) is 38.9 Å². The van der Waals surface area contributed by atoms with Gasteiger partial charge in [-0.1, -0.05) is 5.16 Å². The van der Waals surface area contributed by atoms with Crippen LogP contribution in [0.2, 0.25) is 0 Å². The zero-order valence-corrected chi connectivity index (χ0v) is 13.8. The standard InChI is InChI=1S/C16H20N2O3S/c1-9-4-15(22-11(9)3)16(19)17-14-8-20-7-12(14)6-13-5-10(2)18-21-13/h4-5,12,14H,6-8H2,1-3H3,(H,17,19)/t12-,14+/m0/s1. The molecule has 1 saturated heterocycles. The monoisotopic (exact) mass is 320 g/mol. The summed E-state index contributed by atoms with van der Waals surface area (Å²) in [4.78, 5) is 14.3. The molecule has 3 heterocycles. The number of rotatable bonds is 4. The third-order valence-electron chi connectivity index (χ3n) is 4.04. The maximum Gasteiger partial charge on any atom is 0.261 e. The normalized spacial score (nSPS) is 21.2. The van der Waals surface area contributed by atoms with Crippen LogP contribution in [0.1, 0.15) is 31.6 Å². The van der Waals surface area contributed by atoms with E-state index < -0.39 is 0 Å². The fourth-order valence-electron chi connectivity index (χ4n) is 2.65. The second-order valence-electron chi connectivity index (χ2n) is 5.87. The average molecular weight is 320 g/mol. The maximum atomic E-state index is 12.4. The highest BCUT2D eigenvalue weighted by Crippen LogP contribution is 2.23. The van der Waals surface area contributed by atoms with Crippen molar-refractivity contribution >= 4 is 17.2 Å². The summed E-state index contributed by atoms with van der Waals surface area (Å²) in [5.41, 5.74) is 2.03. The summed E-state index contributed by atoms with van der Waals surface area (Å²) in [7, 11) is 0. The largest absolute Gasteiger partial charge is 0.379 e. The number of carbonyl (C=O) groups is 1. The molecule has 0 unspecified atom stereocenters. The Bertz CT molecular complexity index is 657. The van der Waals surface area contributed by atoms with Crippen molar-refractivity contribution in [2.75, 3.05) is 13.2 Å². The molecule has 2 aromatic rings. The van der Waals surface area contributed by atoms with Crippen LogP contribution < -0.4 is 5.32 Å². The van der Waals surface area contributed by atoms with Crippen molar-refractivity contribution in [3.63, 3.8) is 0 Å². The molecule has 0 bridgehead atoms. The Morgan fingerprint density at radius 2 is 2.18 bits per heavy atom. The van der Waals surface area contributed by atoms with Crippen molar-refractivity contribution in [3.8, 4) is 0 Å². The molecule has 0 aromatic carbocycles. The third kappa shape index (κ3) is 3.23. The summed E-state index contributed by atoms with van der Waals surface area (Å²) in [5.74, 6) is 1.05. The van der Waals surface area contributed by atoms with E-state index in [9.17, 15) is 4.79 Å². The van der Waals surface area contributed by atoms with E-state index in [0.29, 0.717) is 13.2 Å². The van der Waals surface area contributed by atoms with Crippen LogP contribution in [0.15, 0.2) is 16.7 Å². The first kappa shape index (κ1) is 15.2. The maximum absolute atomic E-state index is 12.4. The van der Waals surface area contributed by atoms with Crippen LogP contribution in [-0.4, -0.2) is 30.3 Å². The lowest BCUT2D eigenvalue weighted by atomic mass is 9.98. The molecule has 118 valence electrons. The van der Waals surface area contributed by atoms with Gasteiger partial charge in [0.1, 0.15) is 5.76 Å². The highest BCUT2D eigenvalue weighted by atomic mass is 32.1. The summed E-state index contributed by atoms with van der Waals surface area (Å²) in [5, 5.41) is 7.00. The van der Waals surface area contributed by atoms with Crippen LogP contribution >= 0.6 is 11.3 Å². The number of hydrogen-bond acceptors (Lipinski definition) is 5. The quantitative estimate of drug-likeness (QED) is 0.940. The lowest BCUT2D eigenvalue weighted by molar-refractivity contribution is 0.0928. The Hall–Kier alpha value is -1.66. The fraction of sp³-hybridized carbons (Fsp3) is 0.500. The third-order valence-corrected chi connectivity index (χ3v) is 5.20. The van der Waals surface area contributed by atoms with E-state index in [1.54, 1.807) is 0 Å². The summed E-state index contributed by atoms with van der Waals surface area (Å²) in [6.07, 6.45) is 0.730. The second-order valence-corrected chi connectivity index (χ2v) is 7.12. The van der Waals surface area contributed by atoms with Gasteiger partial charge in [0.2, 0.25) is 0 Å². The molecule has 1 N–H and O–H groups in total. The lowest BCUT2D eigenvalue weighted by Gasteiger charge is -2.17. The van der Waals surface area contributed by atoms with E-state index >= 15 is 0 Å². The highest BCUT2D eigenvalue weighted by Gasteiger charge is 2.31. The van der Waals surface area contributed by atoms with E-state index in [4.69, 9.17) is 9.26 Å². The topological polar surface area (TPSA) is 64.4 Å². The van der Waals surface area contributed by atoms with Gasteiger partial charge < -0.3 is 14.6 Å². The predicted molar refractivity (Wildman–Crippen MR) is 84.3 cm³/mol. The van der Waals surface area contributed by atoms with Gasteiger partial charge in [0.05, 0.1) is 29.8 Å². The van der Waals surface area contributed by atoms with Crippen LogP contribution in [-0.2, 0) is 11.2 Å². The fourth-order valence-corrected chi connectivity index (χ4v) is 3.59. The Balaban J connectivity index is 1.64. The van der Waals surface area contributed by atoms with E-state index in [0.717, 1.165) is 28.3 Å². The van der Waals surface area contributed by atoms with Gasteiger partial charge in [0.25, 0.3) is 5.91 Å². The zero-order valence-electron chi connectivity index (χ0n) is 13.0. The molecule has 0 aliphatic carbocycles. The van der Waals surface area contributed by atoms with E-state index in [2.05, 4.69) is 10.5 Å². The molecule has 1 fully saturated rings. The molecule has 0 spiro atoms. The summed E-state index contributed by atoms with van der Waals surface area (Å²) < 4.78 is 10.8. The molecular weight excluding hydrogens is 300 g/mol. The summed E-state index contributed by atoms with van der Waals surface area (Å²) in [6.45, 7) is 7.14. The molecule has 2 atom stereocenters. The first-order chi connectivity index (χ1) is 10.5. The molecule has 3 rings (SSSR count). The number of hydrogen-bond donors (Lipinski definition) is 1. The summed E-state index contributed by atoms with van der Waals surface area (Å²) >= 11 is 1.53. The number of thiophene rings is 1. The number of ether oxygens (including phenoxy) is 1. The molecular formula is C16H20N2O3S. The minimum Gasteiger partial charge on any atom is -0.379 e. The minimum absolute atomic E-state index is 0.0145. The van der Waals surface area contributed by atoms with E-state index in [1.165, 1.54) is 16.2 Å². The van der Waals surface area contributed by atoms with Crippen LogP contribution in [0, 0.1) is 26.7 Å². The van der Waals surface area contributed by atoms with Gasteiger partial charge in [-0.15, -0.1) is 11.3 Å². The van der Waals surface area contributed by atoms with Crippen LogP contribution in [0.25, 0.3) is 0 Å². The Morgan fingerprint density at radius 3 is 2.82 bits per heavy atom. The molecule has 1 aliphatic heterocycles. The van der Waals surface area contributed by atoms with Crippen molar-refractivity contribution in [1.29, 1.82) is 0 Å². The van der Waals surface area contributed by atoms with Crippen molar-refractivity contribution < 1.29 is 14.1 Å². The SMILES string of the molecule is Cc1cc(C[C@H]2COC[C@H]2NC(=O)c2cc(C)c(C)s2)on1. The van der Waals surface area contributed by atoms with Crippen LogP contribution in [0.4, 0.5) is 0 Å². The predicted octanol–water partition coefficient (Wildman–Crippen LogP) is 2.65. The molecule has 2 aromatic heterocycles. The Morgan fingerprint density at radius 1 is 1.36 bits per heavy atom. The van der Waals surface area contributed by atoms with Crippen LogP contribution in [0.3, 0.4) is 0 Å². The van der Waals surface area contributed by atoms with Gasteiger partial charge in [0, 0.05) is 23.3 Å². The van der Waals surface area contributed by atoms with E-state index in [-0.39, 0.29) is 17.9 Å². The first-order valence-electron chi connectivity index (χ1n) is 7.41. The Kier molecular flexibility index (Phi) is 4.31. The number of aromatic nitrogens is 1. The van der Waals surface area contributed by atoms with Gasteiger partial charge in [-0.2, -0.15) is 0 Å². The number of amides is 1. The van der Waals surface area contributed by atoms with Crippen molar-refractivity contribution in [1.82, 2.24) is 10.5 Å². The molecule has 5 nitrogen and oxygen atoms in total. The number of nitrogens with zero attached hydrogens (tertiary/aromatic N) is 1. The second kappa shape index (κ2) is 6.22. The smallest absolute Gasteiger partial charge is 0.261 e. The number of carbonyl (C=O) groups excluding carboxylic acids is 1. The van der Waals surface area contributed by atoms with Gasteiger partial charge in [-0.05, 0) is 32.4 Å². The van der Waals surface area contributed by atoms with Gasteiger partial charge in [-0.3, -0.25) is 4.79 Å². The van der Waals surface area contributed by atoms with Crippen LogP contribution in [0.5, 0.6) is 0 Å². The van der Waals surface area contributed by atoms with E-state index in [1.807, 2.05) is 32.9 Å². The highest BCUT2D eigenvalue weighted by molar-refractivity contribution is 7.14. The molecule has 1 aliphatic rings. The summed E-state index contributed by atoms with van der Waals surface area (Å²) in [6, 6.07) is 3.89. The van der Waals surface area contributed by atoms with Crippen molar-refractivity contribution in [2.45, 2.75) is 33.2 Å². The van der Waals surface area contributed by atoms with Gasteiger partial charge in [0.15, 0.2) is 0 Å². The molecule has 22 heavy (non-hydrogen) atoms. The average Bonchev–Trinajstić information content (AvgIpc) is 3.15. The number of nitrogens with one attached hydrogen (secondary N) is 1. The first-order valence-corrected chi connectivity index (χ1v) is 8.22. The molecule has 6 heteroatoms.